The van der Waals surface area contributed by atoms with Crippen molar-refractivity contribution in [3.05, 3.63) is 62.9 Å². The summed E-state index contributed by atoms with van der Waals surface area (Å²) in [5, 5.41) is 29.4. The third-order valence-electron chi connectivity index (χ3n) is 6.31. The Labute approximate surface area is 189 Å². The normalized spacial score (nSPS) is 17.3. The first-order valence-electron chi connectivity index (χ1n) is 11.5. The number of unbranched alkanes of at least 4 members (excludes halogenated alkanes) is 2. The van der Waals surface area contributed by atoms with Gasteiger partial charge < -0.3 is 15.3 Å². The van der Waals surface area contributed by atoms with E-state index < -0.39 is 12.1 Å². The summed E-state index contributed by atoms with van der Waals surface area (Å²) in [5.41, 5.74) is 4.52. The van der Waals surface area contributed by atoms with Crippen molar-refractivity contribution >= 4 is 22.9 Å². The smallest absolute Gasteiger partial charge is 0.345 e. The van der Waals surface area contributed by atoms with Gasteiger partial charge in [-0.05, 0) is 78.8 Å². The van der Waals surface area contributed by atoms with Crippen LogP contribution >= 0.6 is 11.3 Å². The molecule has 1 aromatic heterocycles. The summed E-state index contributed by atoms with van der Waals surface area (Å²) in [5.74, 6) is -0.440. The molecule has 168 valence electrons. The molecular formula is C26H34O4S. The predicted octanol–water partition coefficient (Wildman–Crippen LogP) is 6.24. The third kappa shape index (κ3) is 6.28. The Balaban J connectivity index is 1.62. The highest BCUT2D eigenvalue weighted by atomic mass is 32.1. The molecule has 0 saturated heterocycles. The van der Waals surface area contributed by atoms with Crippen molar-refractivity contribution in [3.8, 4) is 0 Å². The number of carbonyl (C=O) groups is 1. The number of hydrogen-bond acceptors (Lipinski definition) is 4. The van der Waals surface area contributed by atoms with Gasteiger partial charge in [-0.1, -0.05) is 50.5 Å². The van der Waals surface area contributed by atoms with E-state index in [0.29, 0.717) is 10.8 Å². The minimum Gasteiger partial charge on any atom is -0.477 e. The van der Waals surface area contributed by atoms with Gasteiger partial charge in [0.1, 0.15) is 4.88 Å². The van der Waals surface area contributed by atoms with Crippen LogP contribution in [0.5, 0.6) is 0 Å². The molecule has 0 radical (unpaired) electrons. The maximum Gasteiger partial charge on any atom is 0.345 e. The zero-order valence-corrected chi connectivity index (χ0v) is 19.2. The maximum atomic E-state index is 11.1. The van der Waals surface area contributed by atoms with Gasteiger partial charge >= 0.3 is 5.97 Å². The van der Waals surface area contributed by atoms with E-state index in [-0.39, 0.29) is 6.61 Å². The lowest BCUT2D eigenvalue weighted by Crippen LogP contribution is -2.03. The van der Waals surface area contributed by atoms with Gasteiger partial charge in [-0.25, -0.2) is 4.79 Å². The molecule has 1 aliphatic rings. The number of allylic oxidation sites excluding steroid dienone is 1. The Morgan fingerprint density at radius 3 is 2.55 bits per heavy atom. The van der Waals surface area contributed by atoms with Crippen LogP contribution in [0.2, 0.25) is 0 Å². The first-order chi connectivity index (χ1) is 15.0. The zero-order valence-electron chi connectivity index (χ0n) is 18.3. The highest BCUT2D eigenvalue weighted by Crippen LogP contribution is 2.42. The number of aryl methyl sites for hydroxylation is 1. The molecule has 1 aromatic carbocycles. The molecule has 0 fully saturated rings. The molecule has 0 spiro atoms. The number of thiophene rings is 1. The number of carboxylic acids is 1. The van der Waals surface area contributed by atoms with Crippen LogP contribution < -0.4 is 0 Å². The number of aliphatic hydroxyl groups excluding tert-OH is 2. The standard InChI is InChI=1S/C26H34O4S/c1-2-3-4-8-23(28)18-9-11-20(12-10-18)25-19(13-14-21(25)17-27)6-5-7-22-15-16-24(31-22)26(29)30/h9-12,15-16,19,23,27-28H,2-8,13-14,17H2,1H3,(H,29,30)/t19-,23?/m0/s1. The molecule has 1 aliphatic carbocycles. The maximum absolute atomic E-state index is 11.1. The van der Waals surface area contributed by atoms with Crippen LogP contribution in [0, 0.1) is 5.92 Å². The van der Waals surface area contributed by atoms with Gasteiger partial charge in [-0.2, -0.15) is 0 Å². The lowest BCUT2D eigenvalue weighted by atomic mass is 9.88. The van der Waals surface area contributed by atoms with Crippen molar-refractivity contribution in [1.82, 2.24) is 0 Å². The molecule has 0 aliphatic heterocycles. The topological polar surface area (TPSA) is 77.8 Å². The number of rotatable bonds is 12. The van der Waals surface area contributed by atoms with E-state index in [0.717, 1.165) is 79.4 Å². The Kier molecular flexibility index (Phi) is 8.88. The van der Waals surface area contributed by atoms with Gasteiger partial charge in [-0.3, -0.25) is 0 Å². The van der Waals surface area contributed by atoms with Crippen molar-refractivity contribution in [2.75, 3.05) is 6.61 Å². The van der Waals surface area contributed by atoms with Gasteiger partial charge in [0.2, 0.25) is 0 Å². The number of aromatic carboxylic acids is 1. The highest BCUT2D eigenvalue weighted by molar-refractivity contribution is 7.13. The minimum absolute atomic E-state index is 0.0973. The largest absolute Gasteiger partial charge is 0.477 e. The molecule has 2 atom stereocenters. The fraction of sp³-hybridized carbons (Fsp3) is 0.500. The lowest BCUT2D eigenvalue weighted by molar-refractivity contribution is 0.0702. The number of hydrogen-bond donors (Lipinski definition) is 3. The van der Waals surface area contributed by atoms with E-state index in [4.69, 9.17) is 5.11 Å². The summed E-state index contributed by atoms with van der Waals surface area (Å²) >= 11 is 1.36. The van der Waals surface area contributed by atoms with E-state index >= 15 is 0 Å². The number of benzene rings is 1. The molecular weight excluding hydrogens is 408 g/mol. The second-order valence-corrected chi connectivity index (χ2v) is 9.68. The zero-order chi connectivity index (χ0) is 22.2. The summed E-state index contributed by atoms with van der Waals surface area (Å²) in [4.78, 5) is 12.6. The SMILES string of the molecule is CCCCCC(O)c1ccc(C2=C(CO)CC[C@@H]2CCCc2ccc(C(=O)O)s2)cc1. The molecule has 0 bridgehead atoms. The van der Waals surface area contributed by atoms with Gasteiger partial charge in [0, 0.05) is 4.88 Å². The van der Waals surface area contributed by atoms with E-state index in [1.54, 1.807) is 6.07 Å². The summed E-state index contributed by atoms with van der Waals surface area (Å²) in [6.45, 7) is 2.26. The number of aliphatic hydroxyl groups is 2. The van der Waals surface area contributed by atoms with Crippen molar-refractivity contribution in [1.29, 1.82) is 0 Å². The lowest BCUT2D eigenvalue weighted by Gasteiger charge is -2.17. The van der Waals surface area contributed by atoms with Gasteiger partial charge in [-0.15, -0.1) is 11.3 Å². The van der Waals surface area contributed by atoms with Crippen molar-refractivity contribution < 1.29 is 20.1 Å². The minimum atomic E-state index is -0.858. The van der Waals surface area contributed by atoms with E-state index in [1.165, 1.54) is 16.9 Å². The Hall–Kier alpha value is -1.95. The summed E-state index contributed by atoms with van der Waals surface area (Å²) in [7, 11) is 0. The fourth-order valence-electron chi connectivity index (χ4n) is 4.60. The van der Waals surface area contributed by atoms with Crippen LogP contribution in [-0.4, -0.2) is 27.9 Å². The molecule has 31 heavy (non-hydrogen) atoms. The predicted molar refractivity (Wildman–Crippen MR) is 126 cm³/mol. The molecule has 3 rings (SSSR count). The molecule has 0 amide bonds. The monoisotopic (exact) mass is 442 g/mol. The molecule has 2 aromatic rings. The Morgan fingerprint density at radius 2 is 1.90 bits per heavy atom. The summed E-state index contributed by atoms with van der Waals surface area (Å²) in [6.07, 6.45) is 8.63. The van der Waals surface area contributed by atoms with Gasteiger partial charge in [0.15, 0.2) is 0 Å². The number of carboxylic acid groups (broad SMARTS) is 1. The fourth-order valence-corrected chi connectivity index (χ4v) is 5.49. The molecule has 1 unspecified atom stereocenters. The summed E-state index contributed by atoms with van der Waals surface area (Å²) < 4.78 is 0. The van der Waals surface area contributed by atoms with Crippen LogP contribution in [0.15, 0.2) is 42.0 Å². The van der Waals surface area contributed by atoms with Crippen LogP contribution in [-0.2, 0) is 6.42 Å². The van der Waals surface area contributed by atoms with E-state index in [2.05, 4.69) is 19.1 Å². The van der Waals surface area contributed by atoms with Crippen LogP contribution in [0.1, 0.15) is 90.1 Å². The molecule has 3 N–H and O–H groups in total. The van der Waals surface area contributed by atoms with Gasteiger partial charge in [0.05, 0.1) is 12.7 Å². The first-order valence-corrected chi connectivity index (χ1v) is 12.3. The molecule has 5 heteroatoms. The Morgan fingerprint density at radius 1 is 1.13 bits per heavy atom. The van der Waals surface area contributed by atoms with E-state index in [1.807, 2.05) is 18.2 Å². The quantitative estimate of drug-likeness (QED) is 0.340. The average Bonchev–Trinajstić information content (AvgIpc) is 3.41. The second kappa shape index (κ2) is 11.6. The van der Waals surface area contributed by atoms with Crippen molar-refractivity contribution in [2.45, 2.75) is 70.8 Å². The van der Waals surface area contributed by atoms with Crippen LogP contribution in [0.25, 0.3) is 5.57 Å². The highest BCUT2D eigenvalue weighted by Gasteiger charge is 2.26. The van der Waals surface area contributed by atoms with Gasteiger partial charge in [0.25, 0.3) is 0 Å². The first kappa shape index (κ1) is 23.7. The van der Waals surface area contributed by atoms with Crippen molar-refractivity contribution in [3.63, 3.8) is 0 Å². The third-order valence-corrected chi connectivity index (χ3v) is 7.44. The Bertz CT molecular complexity index is 881. The second-order valence-electron chi connectivity index (χ2n) is 8.51. The van der Waals surface area contributed by atoms with E-state index in [9.17, 15) is 15.0 Å². The summed E-state index contributed by atoms with van der Waals surface area (Å²) in [6, 6.07) is 11.9. The average molecular weight is 443 g/mol. The molecule has 1 heterocycles. The van der Waals surface area contributed by atoms with Crippen molar-refractivity contribution in [2.24, 2.45) is 5.92 Å². The molecule has 4 nitrogen and oxygen atoms in total. The van der Waals surface area contributed by atoms with Crippen LogP contribution in [0.4, 0.5) is 0 Å². The van der Waals surface area contributed by atoms with Crippen LogP contribution in [0.3, 0.4) is 0 Å². The molecule has 0 saturated carbocycles.